The first-order valence-electron chi connectivity index (χ1n) is 10.8. The standard InChI is InChI=1S/C21H27FN6O2/c22-16-5-9-28(13-16)21(29)18-10-17(12-24-18)27-7-3-14(4-8-27)19-25-26-20(30-19)15-2-1-6-23-11-15/h1-2,6,11,14,16-18,24H,3-5,7-10,12-13H2/t16?,17-,18-/m0/s1. The van der Waals surface area contributed by atoms with Crippen molar-refractivity contribution in [3.8, 4) is 11.5 Å². The number of alkyl halides is 1. The summed E-state index contributed by atoms with van der Waals surface area (Å²) in [7, 11) is 0. The van der Waals surface area contributed by atoms with Gasteiger partial charge in [-0.3, -0.25) is 14.7 Å². The van der Waals surface area contributed by atoms with Gasteiger partial charge in [0.25, 0.3) is 0 Å². The number of piperidine rings is 1. The van der Waals surface area contributed by atoms with E-state index in [1.165, 1.54) is 0 Å². The highest BCUT2D eigenvalue weighted by molar-refractivity contribution is 5.82. The van der Waals surface area contributed by atoms with Gasteiger partial charge in [-0.2, -0.15) is 0 Å². The Kier molecular flexibility index (Phi) is 5.47. The molecule has 1 unspecified atom stereocenters. The van der Waals surface area contributed by atoms with Gasteiger partial charge in [0.05, 0.1) is 18.2 Å². The maximum atomic E-state index is 13.4. The van der Waals surface area contributed by atoms with Crippen LogP contribution >= 0.6 is 0 Å². The van der Waals surface area contributed by atoms with Gasteiger partial charge in [0.2, 0.25) is 17.7 Å². The molecule has 0 radical (unpaired) electrons. The minimum atomic E-state index is -0.867. The van der Waals surface area contributed by atoms with Crippen LogP contribution in [0.25, 0.3) is 11.5 Å². The number of rotatable bonds is 4. The normalized spacial score (nSPS) is 28.3. The number of nitrogens with one attached hydrogen (secondary N) is 1. The van der Waals surface area contributed by atoms with Crippen LogP contribution in [0.1, 0.15) is 37.5 Å². The second-order valence-corrected chi connectivity index (χ2v) is 8.52. The number of carbonyl (C=O) groups excluding carboxylic acids is 1. The van der Waals surface area contributed by atoms with Crippen LogP contribution in [0.2, 0.25) is 0 Å². The maximum absolute atomic E-state index is 13.4. The predicted molar refractivity (Wildman–Crippen MR) is 107 cm³/mol. The SMILES string of the molecule is O=C([C@@H]1C[C@H](N2CCC(c3nnc(-c4cccnc4)o3)CC2)CN1)N1CCC(F)C1. The topological polar surface area (TPSA) is 87.4 Å². The fraction of sp³-hybridized carbons (Fsp3) is 0.619. The van der Waals surface area contributed by atoms with E-state index in [4.69, 9.17) is 4.42 Å². The number of amides is 1. The van der Waals surface area contributed by atoms with Crippen molar-refractivity contribution >= 4 is 5.91 Å². The van der Waals surface area contributed by atoms with Crippen LogP contribution in [0.5, 0.6) is 0 Å². The van der Waals surface area contributed by atoms with Crippen LogP contribution in [0.3, 0.4) is 0 Å². The van der Waals surface area contributed by atoms with Crippen molar-refractivity contribution in [1.29, 1.82) is 0 Å². The molecular formula is C21H27FN6O2. The van der Waals surface area contributed by atoms with Gasteiger partial charge in [-0.05, 0) is 50.9 Å². The maximum Gasteiger partial charge on any atom is 0.249 e. The molecule has 2 aromatic heterocycles. The third-order valence-electron chi connectivity index (χ3n) is 6.59. The van der Waals surface area contributed by atoms with E-state index < -0.39 is 6.17 Å². The van der Waals surface area contributed by atoms with E-state index in [1.807, 2.05) is 12.1 Å². The molecule has 3 fully saturated rings. The largest absolute Gasteiger partial charge is 0.420 e. The molecule has 1 amide bonds. The molecule has 3 saturated heterocycles. The summed E-state index contributed by atoms with van der Waals surface area (Å²) in [6.07, 6.45) is 5.75. The Hall–Kier alpha value is -2.39. The zero-order chi connectivity index (χ0) is 20.5. The van der Waals surface area contributed by atoms with Crippen LogP contribution in [-0.4, -0.2) is 81.9 Å². The summed E-state index contributed by atoms with van der Waals surface area (Å²) in [4.78, 5) is 20.9. The van der Waals surface area contributed by atoms with E-state index in [9.17, 15) is 9.18 Å². The summed E-state index contributed by atoms with van der Waals surface area (Å²) >= 11 is 0. The molecule has 3 aliphatic rings. The minimum Gasteiger partial charge on any atom is -0.420 e. The molecule has 1 N–H and O–H groups in total. The Morgan fingerprint density at radius 3 is 2.80 bits per heavy atom. The number of likely N-dealkylation sites (tertiary alicyclic amines) is 2. The van der Waals surface area contributed by atoms with Gasteiger partial charge >= 0.3 is 0 Å². The Bertz CT molecular complexity index is 869. The number of halogens is 1. The molecule has 3 atom stereocenters. The Morgan fingerprint density at radius 1 is 1.20 bits per heavy atom. The van der Waals surface area contributed by atoms with Gasteiger partial charge in [-0.25, -0.2) is 4.39 Å². The van der Waals surface area contributed by atoms with E-state index in [-0.39, 0.29) is 24.4 Å². The smallest absolute Gasteiger partial charge is 0.249 e. The predicted octanol–water partition coefficient (Wildman–Crippen LogP) is 1.61. The Morgan fingerprint density at radius 2 is 2.07 bits per heavy atom. The van der Waals surface area contributed by atoms with E-state index in [2.05, 4.69) is 25.4 Å². The number of hydrogen-bond acceptors (Lipinski definition) is 7. The summed E-state index contributed by atoms with van der Waals surface area (Å²) in [6.45, 7) is 3.48. The molecule has 0 aromatic carbocycles. The molecule has 0 bridgehead atoms. The van der Waals surface area contributed by atoms with Crippen molar-refractivity contribution in [2.45, 2.75) is 49.9 Å². The van der Waals surface area contributed by atoms with E-state index in [0.29, 0.717) is 30.8 Å². The van der Waals surface area contributed by atoms with Crippen molar-refractivity contribution in [2.24, 2.45) is 0 Å². The number of nitrogens with zero attached hydrogens (tertiary/aromatic N) is 5. The summed E-state index contributed by atoms with van der Waals surface area (Å²) in [5, 5.41) is 11.8. The van der Waals surface area contributed by atoms with Gasteiger partial charge in [-0.1, -0.05) is 0 Å². The fourth-order valence-corrected chi connectivity index (χ4v) is 4.84. The molecule has 0 aliphatic carbocycles. The molecule has 5 rings (SSSR count). The van der Waals surface area contributed by atoms with E-state index in [1.54, 1.807) is 17.3 Å². The molecule has 2 aromatic rings. The zero-order valence-electron chi connectivity index (χ0n) is 16.9. The summed E-state index contributed by atoms with van der Waals surface area (Å²) in [6, 6.07) is 3.92. The van der Waals surface area contributed by atoms with Crippen LogP contribution in [0, 0.1) is 0 Å². The molecule has 30 heavy (non-hydrogen) atoms. The highest BCUT2D eigenvalue weighted by Gasteiger charge is 2.38. The van der Waals surface area contributed by atoms with Gasteiger partial charge in [0.1, 0.15) is 6.17 Å². The Labute approximate surface area is 174 Å². The fourth-order valence-electron chi connectivity index (χ4n) is 4.84. The number of aromatic nitrogens is 3. The van der Waals surface area contributed by atoms with Gasteiger partial charge in [-0.15, -0.1) is 10.2 Å². The van der Waals surface area contributed by atoms with Crippen LogP contribution < -0.4 is 5.32 Å². The zero-order valence-corrected chi connectivity index (χ0v) is 16.9. The van der Waals surface area contributed by atoms with Gasteiger partial charge < -0.3 is 14.6 Å². The first-order chi connectivity index (χ1) is 14.7. The van der Waals surface area contributed by atoms with Crippen LogP contribution in [0.4, 0.5) is 4.39 Å². The van der Waals surface area contributed by atoms with Gasteiger partial charge in [0, 0.05) is 37.4 Å². The molecule has 0 spiro atoms. The van der Waals surface area contributed by atoms with Gasteiger partial charge in [0.15, 0.2) is 0 Å². The molecule has 3 aliphatic heterocycles. The number of hydrogen-bond donors (Lipinski definition) is 1. The van der Waals surface area contributed by atoms with Crippen molar-refractivity contribution in [1.82, 2.24) is 30.3 Å². The first kappa shape index (κ1) is 19.6. The summed E-state index contributed by atoms with van der Waals surface area (Å²) in [5.41, 5.74) is 0.832. The highest BCUT2D eigenvalue weighted by Crippen LogP contribution is 2.31. The van der Waals surface area contributed by atoms with Crippen LogP contribution in [-0.2, 0) is 4.79 Å². The minimum absolute atomic E-state index is 0.0568. The molecule has 9 heteroatoms. The number of pyridine rings is 1. The lowest BCUT2D eigenvalue weighted by atomic mass is 9.95. The van der Waals surface area contributed by atoms with Crippen LogP contribution in [0.15, 0.2) is 28.9 Å². The number of carbonyl (C=O) groups is 1. The summed E-state index contributed by atoms with van der Waals surface area (Å²) < 4.78 is 19.3. The first-order valence-corrected chi connectivity index (χ1v) is 10.8. The molecule has 0 saturated carbocycles. The molecular weight excluding hydrogens is 387 g/mol. The average molecular weight is 414 g/mol. The monoisotopic (exact) mass is 414 g/mol. The quantitative estimate of drug-likeness (QED) is 0.813. The summed E-state index contributed by atoms with van der Waals surface area (Å²) in [5.74, 6) is 1.53. The van der Waals surface area contributed by atoms with Crippen molar-refractivity contribution in [2.75, 3.05) is 32.7 Å². The van der Waals surface area contributed by atoms with Crippen molar-refractivity contribution < 1.29 is 13.6 Å². The Balaban J connectivity index is 1.13. The molecule has 8 nitrogen and oxygen atoms in total. The van der Waals surface area contributed by atoms with E-state index >= 15 is 0 Å². The van der Waals surface area contributed by atoms with Crippen molar-refractivity contribution in [3.05, 3.63) is 30.4 Å². The molecule has 160 valence electrons. The van der Waals surface area contributed by atoms with Crippen molar-refractivity contribution in [3.63, 3.8) is 0 Å². The second kappa shape index (κ2) is 8.39. The third-order valence-corrected chi connectivity index (χ3v) is 6.59. The molecule has 5 heterocycles. The lowest BCUT2D eigenvalue weighted by molar-refractivity contribution is -0.132. The van der Waals surface area contributed by atoms with E-state index in [0.717, 1.165) is 44.5 Å². The second-order valence-electron chi connectivity index (χ2n) is 8.52. The highest BCUT2D eigenvalue weighted by atomic mass is 19.1. The lowest BCUT2D eigenvalue weighted by Gasteiger charge is -2.34. The average Bonchev–Trinajstić information content (AvgIpc) is 3.55. The third kappa shape index (κ3) is 3.96. The lowest BCUT2D eigenvalue weighted by Crippen LogP contribution is -2.43.